The van der Waals surface area contributed by atoms with Crippen LogP contribution in [-0.4, -0.2) is 54.6 Å². The Labute approximate surface area is 135 Å². The molecule has 1 rings (SSSR count). The molecule has 0 aliphatic rings. The van der Waals surface area contributed by atoms with Crippen LogP contribution in [0.5, 0.6) is 0 Å². The molecule has 0 aliphatic heterocycles. The van der Waals surface area contributed by atoms with Gasteiger partial charge in [-0.3, -0.25) is 4.79 Å². The number of amides is 2. The minimum atomic E-state index is -0.529. The Kier molecular flexibility index (Phi) is 5.82. The smallest absolute Gasteiger partial charge is 0.410 e. The van der Waals surface area contributed by atoms with E-state index in [9.17, 15) is 9.59 Å². The van der Waals surface area contributed by atoms with Crippen LogP contribution < -0.4 is 5.73 Å². The lowest BCUT2D eigenvalue weighted by Gasteiger charge is -2.26. The molecule has 7 heteroatoms. The van der Waals surface area contributed by atoms with Gasteiger partial charge in [0.05, 0.1) is 9.88 Å². The number of hydrogen-bond acceptors (Lipinski definition) is 5. The molecule has 0 unspecified atom stereocenters. The van der Waals surface area contributed by atoms with Gasteiger partial charge in [0, 0.05) is 27.2 Å². The molecule has 0 saturated heterocycles. The van der Waals surface area contributed by atoms with Gasteiger partial charge in [-0.15, -0.1) is 11.3 Å². The van der Waals surface area contributed by atoms with Gasteiger partial charge >= 0.3 is 6.09 Å². The third kappa shape index (κ3) is 5.22. The molecule has 2 N–H and O–H groups in total. The second-order valence-corrected chi connectivity index (χ2v) is 7.37. The first-order chi connectivity index (χ1) is 10.0. The van der Waals surface area contributed by atoms with Crippen molar-refractivity contribution in [1.29, 1.82) is 0 Å². The number of likely N-dealkylation sites (N-methyl/N-ethyl adjacent to an activating group) is 2. The lowest BCUT2D eigenvalue weighted by Crippen LogP contribution is -2.39. The number of aryl methyl sites for hydroxylation is 1. The van der Waals surface area contributed by atoms with Crippen molar-refractivity contribution in [3.8, 4) is 0 Å². The summed E-state index contributed by atoms with van der Waals surface area (Å²) in [6, 6.07) is 1.79. The van der Waals surface area contributed by atoms with E-state index in [-0.39, 0.29) is 5.91 Å². The Hall–Kier alpha value is -1.76. The topological polar surface area (TPSA) is 75.9 Å². The van der Waals surface area contributed by atoms with Crippen molar-refractivity contribution in [1.82, 2.24) is 9.80 Å². The fraction of sp³-hybridized carbons (Fsp3) is 0.600. The number of anilines is 1. The summed E-state index contributed by atoms with van der Waals surface area (Å²) >= 11 is 1.28. The van der Waals surface area contributed by atoms with Crippen LogP contribution in [-0.2, 0) is 4.74 Å². The first-order valence-electron chi connectivity index (χ1n) is 7.06. The predicted molar refractivity (Wildman–Crippen MR) is 89.3 cm³/mol. The Morgan fingerprint density at radius 3 is 2.23 bits per heavy atom. The molecule has 124 valence electrons. The second-order valence-electron chi connectivity index (χ2n) is 6.29. The van der Waals surface area contributed by atoms with Crippen molar-refractivity contribution in [3.63, 3.8) is 0 Å². The Balaban J connectivity index is 2.55. The minimum Gasteiger partial charge on any atom is -0.444 e. The molecule has 0 radical (unpaired) electrons. The molecule has 0 bridgehead atoms. The molecule has 1 aromatic heterocycles. The molecule has 6 nitrogen and oxygen atoms in total. The SMILES string of the molecule is Cc1cc(N)sc1C(=O)N(C)CCN(C)C(=O)OC(C)(C)C. The number of carbonyl (C=O) groups excluding carboxylic acids is 2. The maximum atomic E-state index is 12.3. The summed E-state index contributed by atoms with van der Waals surface area (Å²) < 4.78 is 5.27. The number of nitrogens with two attached hydrogens (primary N) is 1. The molecule has 22 heavy (non-hydrogen) atoms. The lowest BCUT2D eigenvalue weighted by atomic mass is 10.2. The third-order valence-electron chi connectivity index (χ3n) is 2.95. The normalized spacial score (nSPS) is 11.2. The molecule has 0 fully saturated rings. The number of ether oxygens (including phenoxy) is 1. The second kappa shape index (κ2) is 7.00. The highest BCUT2D eigenvalue weighted by molar-refractivity contribution is 7.17. The van der Waals surface area contributed by atoms with E-state index in [0.29, 0.717) is 23.0 Å². The standard InChI is InChI=1S/C15H25N3O3S/c1-10-9-11(16)22-12(10)13(19)17(5)7-8-18(6)14(20)21-15(2,3)4/h9H,7-8,16H2,1-6H3. The van der Waals surface area contributed by atoms with E-state index in [4.69, 9.17) is 10.5 Å². The molecule has 0 aromatic carbocycles. The van der Waals surface area contributed by atoms with E-state index in [1.807, 2.05) is 27.7 Å². The first kappa shape index (κ1) is 18.3. The van der Waals surface area contributed by atoms with Crippen molar-refractivity contribution < 1.29 is 14.3 Å². The van der Waals surface area contributed by atoms with Gasteiger partial charge < -0.3 is 20.3 Å². The van der Waals surface area contributed by atoms with Gasteiger partial charge in [-0.25, -0.2) is 4.79 Å². The van der Waals surface area contributed by atoms with Gasteiger partial charge in [0.1, 0.15) is 5.60 Å². The van der Waals surface area contributed by atoms with E-state index < -0.39 is 11.7 Å². The molecule has 0 aliphatic carbocycles. The number of rotatable bonds is 4. The zero-order valence-electron chi connectivity index (χ0n) is 14.1. The average Bonchev–Trinajstić information content (AvgIpc) is 2.71. The largest absolute Gasteiger partial charge is 0.444 e. The highest BCUT2D eigenvalue weighted by Crippen LogP contribution is 2.24. The molecule has 0 atom stereocenters. The van der Waals surface area contributed by atoms with E-state index in [1.54, 1.807) is 25.1 Å². The maximum Gasteiger partial charge on any atom is 0.410 e. The molecule has 0 spiro atoms. The zero-order valence-corrected chi connectivity index (χ0v) is 14.9. The zero-order chi connectivity index (χ0) is 17.1. The monoisotopic (exact) mass is 327 g/mol. The number of carbonyl (C=O) groups is 2. The Bertz CT molecular complexity index is 549. The van der Waals surface area contributed by atoms with Gasteiger partial charge in [0.2, 0.25) is 0 Å². The number of hydrogen-bond donors (Lipinski definition) is 1. The summed E-state index contributed by atoms with van der Waals surface area (Å²) in [4.78, 5) is 27.9. The summed E-state index contributed by atoms with van der Waals surface area (Å²) in [6.07, 6.45) is -0.398. The summed E-state index contributed by atoms with van der Waals surface area (Å²) in [7, 11) is 3.36. The van der Waals surface area contributed by atoms with Crippen LogP contribution in [0.25, 0.3) is 0 Å². The van der Waals surface area contributed by atoms with Crippen molar-refractivity contribution in [2.45, 2.75) is 33.3 Å². The quantitative estimate of drug-likeness (QED) is 0.922. The first-order valence-corrected chi connectivity index (χ1v) is 7.88. The highest BCUT2D eigenvalue weighted by Gasteiger charge is 2.21. The van der Waals surface area contributed by atoms with Crippen molar-refractivity contribution in [2.75, 3.05) is 32.9 Å². The number of nitrogen functional groups attached to an aromatic ring is 1. The number of nitrogens with zero attached hydrogens (tertiary/aromatic N) is 2. The van der Waals surface area contributed by atoms with Gasteiger partial charge in [0.15, 0.2) is 0 Å². The molecule has 1 aromatic rings. The molecular formula is C15H25N3O3S. The predicted octanol–water partition coefficient (Wildman–Crippen LogP) is 2.58. The van der Waals surface area contributed by atoms with E-state index in [1.165, 1.54) is 16.2 Å². The van der Waals surface area contributed by atoms with Gasteiger partial charge in [-0.2, -0.15) is 0 Å². The summed E-state index contributed by atoms with van der Waals surface area (Å²) in [5.41, 5.74) is 6.06. The van der Waals surface area contributed by atoms with Crippen LogP contribution >= 0.6 is 11.3 Å². The van der Waals surface area contributed by atoms with Gasteiger partial charge in [0.25, 0.3) is 5.91 Å². The molecule has 2 amide bonds. The third-order valence-corrected chi connectivity index (χ3v) is 4.01. The highest BCUT2D eigenvalue weighted by atomic mass is 32.1. The van der Waals surface area contributed by atoms with Crippen LogP contribution in [0.1, 0.15) is 36.0 Å². The van der Waals surface area contributed by atoms with Gasteiger partial charge in [-0.05, 0) is 39.3 Å². The Morgan fingerprint density at radius 2 is 1.77 bits per heavy atom. The molecule has 1 heterocycles. The van der Waals surface area contributed by atoms with Gasteiger partial charge in [-0.1, -0.05) is 0 Å². The van der Waals surface area contributed by atoms with Crippen molar-refractivity contribution in [2.24, 2.45) is 0 Å². The summed E-state index contributed by atoms with van der Waals surface area (Å²) in [5.74, 6) is -0.0863. The van der Waals surface area contributed by atoms with Crippen LogP contribution in [0, 0.1) is 6.92 Å². The van der Waals surface area contributed by atoms with E-state index >= 15 is 0 Å². The van der Waals surface area contributed by atoms with Crippen LogP contribution in [0.4, 0.5) is 9.80 Å². The molecule has 0 saturated carbocycles. The fourth-order valence-electron chi connectivity index (χ4n) is 1.73. The van der Waals surface area contributed by atoms with Crippen molar-refractivity contribution in [3.05, 3.63) is 16.5 Å². The van der Waals surface area contributed by atoms with Crippen molar-refractivity contribution >= 4 is 28.3 Å². The minimum absolute atomic E-state index is 0.0863. The van der Waals surface area contributed by atoms with E-state index in [0.717, 1.165) is 5.56 Å². The summed E-state index contributed by atoms with van der Waals surface area (Å²) in [5, 5.41) is 0.625. The average molecular weight is 327 g/mol. The maximum absolute atomic E-state index is 12.3. The van der Waals surface area contributed by atoms with Crippen LogP contribution in [0.2, 0.25) is 0 Å². The Morgan fingerprint density at radius 1 is 1.23 bits per heavy atom. The van der Waals surface area contributed by atoms with Crippen LogP contribution in [0.3, 0.4) is 0 Å². The van der Waals surface area contributed by atoms with Crippen LogP contribution in [0.15, 0.2) is 6.07 Å². The number of thiophene rings is 1. The fourth-order valence-corrected chi connectivity index (χ4v) is 2.66. The van der Waals surface area contributed by atoms with E-state index in [2.05, 4.69) is 0 Å². The summed E-state index contributed by atoms with van der Waals surface area (Å²) in [6.45, 7) is 8.14. The molecular weight excluding hydrogens is 302 g/mol. The lowest BCUT2D eigenvalue weighted by molar-refractivity contribution is 0.0283.